The monoisotopic (exact) mass is 235 g/mol. The molecule has 1 aliphatic heterocycles. The summed E-state index contributed by atoms with van der Waals surface area (Å²) in [7, 11) is 0. The van der Waals surface area contributed by atoms with Gasteiger partial charge in [-0.05, 0) is 0 Å². The Morgan fingerprint density at radius 1 is 1.44 bits per heavy atom. The van der Waals surface area contributed by atoms with Crippen LogP contribution in [0.2, 0.25) is 0 Å². The summed E-state index contributed by atoms with van der Waals surface area (Å²) in [5.74, 6) is -0.527. The Bertz CT molecular complexity index is 246. The molecule has 1 fully saturated rings. The number of carbonyl (C=O) groups excluding carboxylic acids is 1. The number of aliphatic hydroxyl groups is 3. The minimum Gasteiger partial charge on any atom is -0.434 e. The molecule has 5 N–H and O–H groups in total. The Hall–Kier alpha value is -0.730. The van der Waals surface area contributed by atoms with Crippen molar-refractivity contribution in [2.24, 2.45) is 5.73 Å². The molecule has 7 heteroatoms. The van der Waals surface area contributed by atoms with Gasteiger partial charge in [0.05, 0.1) is 12.6 Å². The third-order valence-electron chi connectivity index (χ3n) is 2.46. The highest BCUT2D eigenvalue weighted by atomic mass is 16.7. The summed E-state index contributed by atoms with van der Waals surface area (Å²) in [6.45, 7) is 1.11. The number of hydrogen-bond donors (Lipinski definition) is 4. The predicted molar refractivity (Wildman–Crippen MR) is 52.1 cm³/mol. The Morgan fingerprint density at radius 3 is 2.56 bits per heavy atom. The van der Waals surface area contributed by atoms with Gasteiger partial charge in [-0.1, -0.05) is 6.92 Å². The van der Waals surface area contributed by atoms with Crippen molar-refractivity contribution >= 4 is 5.97 Å². The van der Waals surface area contributed by atoms with Crippen molar-refractivity contribution < 1.29 is 29.6 Å². The van der Waals surface area contributed by atoms with E-state index in [1.165, 1.54) is 0 Å². The van der Waals surface area contributed by atoms with Crippen molar-refractivity contribution in [2.45, 2.75) is 44.0 Å². The van der Waals surface area contributed by atoms with Crippen LogP contribution in [0.1, 0.15) is 13.3 Å². The minimum atomic E-state index is -1.31. The van der Waals surface area contributed by atoms with E-state index in [-0.39, 0.29) is 6.42 Å². The maximum atomic E-state index is 11.0. The lowest BCUT2D eigenvalue weighted by atomic mass is 9.98. The molecule has 0 radical (unpaired) electrons. The second-order valence-corrected chi connectivity index (χ2v) is 3.63. The van der Waals surface area contributed by atoms with Gasteiger partial charge in [-0.3, -0.25) is 4.79 Å². The van der Waals surface area contributed by atoms with Gasteiger partial charge in [0, 0.05) is 6.42 Å². The SMILES string of the molecule is CCC(=O)OC1O[C@H](CO)[C@H](O)[C@H](O)[C@H]1N. The van der Waals surface area contributed by atoms with Crippen LogP contribution in [0.3, 0.4) is 0 Å². The molecule has 5 atom stereocenters. The van der Waals surface area contributed by atoms with E-state index < -0.39 is 43.2 Å². The summed E-state index contributed by atoms with van der Waals surface area (Å²) >= 11 is 0. The van der Waals surface area contributed by atoms with Gasteiger partial charge >= 0.3 is 5.97 Å². The molecule has 0 aromatic heterocycles. The van der Waals surface area contributed by atoms with Crippen LogP contribution in [0.4, 0.5) is 0 Å². The van der Waals surface area contributed by atoms with Crippen LogP contribution in [0.15, 0.2) is 0 Å². The van der Waals surface area contributed by atoms with E-state index in [4.69, 9.17) is 20.3 Å². The summed E-state index contributed by atoms with van der Waals surface area (Å²) in [6.07, 6.45) is -4.61. The van der Waals surface area contributed by atoms with Crippen molar-refractivity contribution in [1.29, 1.82) is 0 Å². The fraction of sp³-hybridized carbons (Fsp3) is 0.889. The van der Waals surface area contributed by atoms with Gasteiger partial charge in [0.15, 0.2) is 0 Å². The highest BCUT2D eigenvalue weighted by Gasteiger charge is 2.44. The van der Waals surface area contributed by atoms with Gasteiger partial charge in [0.1, 0.15) is 18.3 Å². The number of hydrogen-bond acceptors (Lipinski definition) is 7. The lowest BCUT2D eigenvalue weighted by molar-refractivity contribution is -0.259. The molecule has 0 amide bonds. The van der Waals surface area contributed by atoms with Crippen LogP contribution in [-0.4, -0.2) is 58.5 Å². The second kappa shape index (κ2) is 5.55. The van der Waals surface area contributed by atoms with Gasteiger partial charge in [0.2, 0.25) is 6.29 Å². The third-order valence-corrected chi connectivity index (χ3v) is 2.46. The molecule has 0 bridgehead atoms. The van der Waals surface area contributed by atoms with E-state index in [0.717, 1.165) is 0 Å². The molecule has 94 valence electrons. The Morgan fingerprint density at radius 2 is 2.06 bits per heavy atom. The molecular formula is C9H17NO6. The van der Waals surface area contributed by atoms with E-state index in [1.54, 1.807) is 6.92 Å². The first-order valence-electron chi connectivity index (χ1n) is 5.08. The topological polar surface area (TPSA) is 122 Å². The van der Waals surface area contributed by atoms with Crippen molar-refractivity contribution in [1.82, 2.24) is 0 Å². The molecule has 1 heterocycles. The standard InChI is InChI=1S/C9H17NO6/c1-2-5(12)16-9-6(10)8(14)7(13)4(3-11)15-9/h4,6-9,11,13-14H,2-3,10H2,1H3/t4-,6-,7+,8-,9?/m1/s1. The van der Waals surface area contributed by atoms with Crippen LogP contribution in [0, 0.1) is 0 Å². The largest absolute Gasteiger partial charge is 0.434 e. The summed E-state index contributed by atoms with van der Waals surface area (Å²) in [5, 5.41) is 27.9. The van der Waals surface area contributed by atoms with Crippen LogP contribution < -0.4 is 5.73 Å². The van der Waals surface area contributed by atoms with E-state index in [2.05, 4.69) is 0 Å². The fourth-order valence-electron chi connectivity index (χ4n) is 1.42. The quantitative estimate of drug-likeness (QED) is 0.406. The molecule has 7 nitrogen and oxygen atoms in total. The number of nitrogens with two attached hydrogens (primary N) is 1. The van der Waals surface area contributed by atoms with Gasteiger partial charge in [0.25, 0.3) is 0 Å². The predicted octanol–water partition coefficient (Wildman–Crippen LogP) is -2.29. The molecule has 0 spiro atoms. The van der Waals surface area contributed by atoms with Crippen molar-refractivity contribution in [3.63, 3.8) is 0 Å². The molecule has 1 saturated heterocycles. The molecule has 0 aliphatic carbocycles. The zero-order valence-corrected chi connectivity index (χ0v) is 8.94. The highest BCUT2D eigenvalue weighted by molar-refractivity contribution is 5.69. The molecule has 0 saturated carbocycles. The molecule has 1 rings (SSSR count). The van der Waals surface area contributed by atoms with E-state index >= 15 is 0 Å². The molecule has 1 unspecified atom stereocenters. The Labute approximate surface area is 92.8 Å². The minimum absolute atomic E-state index is 0.148. The van der Waals surface area contributed by atoms with Gasteiger partial charge in [-0.25, -0.2) is 0 Å². The zero-order valence-electron chi connectivity index (χ0n) is 8.94. The maximum absolute atomic E-state index is 11.0. The number of rotatable bonds is 3. The van der Waals surface area contributed by atoms with E-state index in [1.807, 2.05) is 0 Å². The average molecular weight is 235 g/mol. The lowest BCUT2D eigenvalue weighted by Crippen LogP contribution is -2.62. The van der Waals surface area contributed by atoms with Crippen molar-refractivity contribution in [2.75, 3.05) is 6.61 Å². The van der Waals surface area contributed by atoms with Gasteiger partial charge in [-0.15, -0.1) is 0 Å². The first-order chi connectivity index (χ1) is 7.51. The molecule has 0 aromatic rings. The fourth-order valence-corrected chi connectivity index (χ4v) is 1.42. The Balaban J connectivity index is 2.67. The van der Waals surface area contributed by atoms with Gasteiger partial charge < -0.3 is 30.5 Å². The van der Waals surface area contributed by atoms with E-state index in [9.17, 15) is 15.0 Å². The lowest BCUT2D eigenvalue weighted by Gasteiger charge is -2.39. The maximum Gasteiger partial charge on any atom is 0.307 e. The summed E-state index contributed by atoms with van der Waals surface area (Å²) < 4.78 is 9.91. The molecule has 0 aromatic carbocycles. The molecule has 16 heavy (non-hydrogen) atoms. The second-order valence-electron chi connectivity index (χ2n) is 3.63. The van der Waals surface area contributed by atoms with Crippen molar-refractivity contribution in [3.05, 3.63) is 0 Å². The third kappa shape index (κ3) is 2.69. The van der Waals surface area contributed by atoms with Gasteiger partial charge in [-0.2, -0.15) is 0 Å². The van der Waals surface area contributed by atoms with Crippen molar-refractivity contribution in [3.8, 4) is 0 Å². The summed E-state index contributed by atoms with van der Waals surface area (Å²) in [6, 6.07) is -1.03. The summed E-state index contributed by atoms with van der Waals surface area (Å²) in [5.41, 5.74) is 5.54. The zero-order chi connectivity index (χ0) is 12.3. The number of carbonyl (C=O) groups is 1. The number of aliphatic hydroxyl groups excluding tert-OH is 3. The Kier molecular flexibility index (Phi) is 4.63. The number of esters is 1. The van der Waals surface area contributed by atoms with Crippen LogP contribution in [-0.2, 0) is 14.3 Å². The molecular weight excluding hydrogens is 218 g/mol. The first-order valence-corrected chi connectivity index (χ1v) is 5.08. The number of ether oxygens (including phenoxy) is 2. The highest BCUT2D eigenvalue weighted by Crippen LogP contribution is 2.20. The van der Waals surface area contributed by atoms with E-state index in [0.29, 0.717) is 0 Å². The molecule has 1 aliphatic rings. The van der Waals surface area contributed by atoms with Crippen LogP contribution in [0.5, 0.6) is 0 Å². The first kappa shape index (κ1) is 13.3. The van der Waals surface area contributed by atoms with Crippen LogP contribution in [0.25, 0.3) is 0 Å². The summed E-state index contributed by atoms with van der Waals surface area (Å²) in [4.78, 5) is 11.0. The smallest absolute Gasteiger partial charge is 0.307 e. The average Bonchev–Trinajstić information content (AvgIpc) is 2.29. The normalized spacial score (nSPS) is 39.4. The van der Waals surface area contributed by atoms with Crippen LogP contribution >= 0.6 is 0 Å².